The molecule has 1 aliphatic heterocycles. The van der Waals surface area contributed by atoms with Crippen molar-refractivity contribution in [3.63, 3.8) is 0 Å². The zero-order valence-electron chi connectivity index (χ0n) is 14.5. The summed E-state index contributed by atoms with van der Waals surface area (Å²) in [6.07, 6.45) is 0.0327. The maximum Gasteiger partial charge on any atom is 0.264 e. The number of thioether (sulfide) groups is 2. The summed E-state index contributed by atoms with van der Waals surface area (Å²) in [5.41, 5.74) is 8.83. The first-order valence-corrected chi connectivity index (χ1v) is 11.5. The van der Waals surface area contributed by atoms with E-state index in [9.17, 15) is 8.42 Å². The fraction of sp³-hybridized carbons (Fsp3) is 1.00. The van der Waals surface area contributed by atoms with Crippen molar-refractivity contribution in [1.82, 2.24) is 0 Å². The van der Waals surface area contributed by atoms with Gasteiger partial charge >= 0.3 is 0 Å². The van der Waals surface area contributed by atoms with E-state index >= 15 is 0 Å². The van der Waals surface area contributed by atoms with Crippen LogP contribution in [-0.2, 0) is 23.8 Å². The second kappa shape index (κ2) is 9.51. The van der Waals surface area contributed by atoms with E-state index in [1.807, 2.05) is 0 Å². The predicted octanol–water partition coefficient (Wildman–Crippen LogP) is 2.99. The van der Waals surface area contributed by atoms with Gasteiger partial charge in [-0.15, -0.1) is 23.5 Å². The lowest BCUT2D eigenvalue weighted by atomic mass is 10.1. The first-order valence-electron chi connectivity index (χ1n) is 7.61. The summed E-state index contributed by atoms with van der Waals surface area (Å²) < 4.78 is 39.4. The van der Waals surface area contributed by atoms with Gasteiger partial charge in [0.1, 0.15) is 6.10 Å². The molecular formula is C13H25N3O5S3. The molecule has 0 spiro atoms. The van der Waals surface area contributed by atoms with Gasteiger partial charge in [0, 0.05) is 4.91 Å². The van der Waals surface area contributed by atoms with E-state index < -0.39 is 28.1 Å². The van der Waals surface area contributed by atoms with E-state index in [0.29, 0.717) is 0 Å². The van der Waals surface area contributed by atoms with Crippen LogP contribution >= 0.6 is 23.5 Å². The molecule has 140 valence electrons. The van der Waals surface area contributed by atoms with Crippen LogP contribution in [0.15, 0.2) is 5.11 Å². The van der Waals surface area contributed by atoms with Crippen molar-refractivity contribution >= 4 is 33.6 Å². The Bertz CT molecular complexity index is 545. The zero-order chi connectivity index (χ0) is 18.4. The molecule has 0 saturated carbocycles. The van der Waals surface area contributed by atoms with Gasteiger partial charge in [-0.3, -0.25) is 4.18 Å². The largest absolute Gasteiger partial charge is 0.344 e. The van der Waals surface area contributed by atoms with Crippen LogP contribution < -0.4 is 0 Å². The molecule has 1 rings (SSSR count). The first-order chi connectivity index (χ1) is 11.1. The highest BCUT2D eigenvalue weighted by Gasteiger charge is 2.48. The molecule has 0 aliphatic carbocycles. The van der Waals surface area contributed by atoms with Crippen LogP contribution in [0.2, 0.25) is 0 Å². The van der Waals surface area contributed by atoms with E-state index in [2.05, 4.69) is 23.9 Å². The normalized spacial score (nSPS) is 24.8. The second-order valence-electron chi connectivity index (χ2n) is 5.60. The van der Waals surface area contributed by atoms with E-state index in [4.69, 9.17) is 19.2 Å². The van der Waals surface area contributed by atoms with Gasteiger partial charge in [-0.05, 0) is 30.9 Å². The van der Waals surface area contributed by atoms with Gasteiger partial charge in [0.2, 0.25) is 0 Å². The van der Waals surface area contributed by atoms with Crippen LogP contribution in [0.4, 0.5) is 0 Å². The van der Waals surface area contributed by atoms with Gasteiger partial charge in [0.15, 0.2) is 5.79 Å². The number of ether oxygens (including phenoxy) is 2. The third-order valence-electron chi connectivity index (χ3n) is 3.13. The summed E-state index contributed by atoms with van der Waals surface area (Å²) in [5, 5.41) is 3.70. The quantitative estimate of drug-likeness (QED) is 0.182. The predicted molar refractivity (Wildman–Crippen MR) is 97.6 cm³/mol. The highest BCUT2D eigenvalue weighted by molar-refractivity contribution is 8.17. The molecule has 0 aromatic carbocycles. The fourth-order valence-corrected chi connectivity index (χ4v) is 5.39. The molecule has 1 saturated heterocycles. The van der Waals surface area contributed by atoms with Gasteiger partial charge in [0.25, 0.3) is 10.1 Å². The Balaban J connectivity index is 3.04. The van der Waals surface area contributed by atoms with Crippen LogP contribution in [0.3, 0.4) is 0 Å². The van der Waals surface area contributed by atoms with E-state index in [-0.39, 0.29) is 17.3 Å². The van der Waals surface area contributed by atoms with Crippen molar-refractivity contribution in [2.75, 3.05) is 24.4 Å². The maximum atomic E-state index is 11.3. The Kier molecular flexibility index (Phi) is 8.67. The lowest BCUT2D eigenvalue weighted by Crippen LogP contribution is -2.41. The van der Waals surface area contributed by atoms with Crippen LogP contribution in [0.5, 0.6) is 0 Å². The highest BCUT2D eigenvalue weighted by atomic mass is 32.2. The lowest BCUT2D eigenvalue weighted by Gasteiger charge is -2.28. The highest BCUT2D eigenvalue weighted by Crippen LogP contribution is 2.40. The van der Waals surface area contributed by atoms with E-state index in [0.717, 1.165) is 17.8 Å². The SMILES string of the molecule is CCSC(SCC)[C@@H]1OC(C)(C)O[C@H]1[C@@H](COS(C)(=O)=O)N=[N+]=[N-]. The summed E-state index contributed by atoms with van der Waals surface area (Å²) in [4.78, 5) is 2.82. The summed E-state index contributed by atoms with van der Waals surface area (Å²) >= 11 is 3.45. The molecule has 0 N–H and O–H groups in total. The van der Waals surface area contributed by atoms with Crippen molar-refractivity contribution in [2.24, 2.45) is 5.11 Å². The molecule has 0 bridgehead atoms. The van der Waals surface area contributed by atoms with Crippen LogP contribution in [-0.4, -0.2) is 61.4 Å². The van der Waals surface area contributed by atoms with Crippen LogP contribution in [0, 0.1) is 0 Å². The van der Waals surface area contributed by atoms with Gasteiger partial charge in [0.05, 0.1) is 29.6 Å². The summed E-state index contributed by atoms with van der Waals surface area (Å²) in [5.74, 6) is 0.956. The van der Waals surface area contributed by atoms with Gasteiger partial charge in [-0.1, -0.05) is 19.0 Å². The number of hydrogen-bond acceptors (Lipinski definition) is 8. The summed E-state index contributed by atoms with van der Waals surface area (Å²) in [6, 6.07) is -0.797. The number of hydrogen-bond donors (Lipinski definition) is 0. The minimum absolute atomic E-state index is 0.0846. The van der Waals surface area contributed by atoms with Gasteiger partial charge in [-0.2, -0.15) is 8.42 Å². The number of azide groups is 1. The molecule has 1 fully saturated rings. The monoisotopic (exact) mass is 399 g/mol. The average Bonchev–Trinajstić information content (AvgIpc) is 2.78. The Hall–Kier alpha value is -0.160. The fourth-order valence-electron chi connectivity index (χ4n) is 2.35. The minimum atomic E-state index is -3.64. The molecule has 0 radical (unpaired) electrons. The Morgan fingerprint density at radius 1 is 1.25 bits per heavy atom. The van der Waals surface area contributed by atoms with Crippen molar-refractivity contribution < 1.29 is 22.1 Å². The van der Waals surface area contributed by atoms with Crippen LogP contribution in [0.1, 0.15) is 27.7 Å². The van der Waals surface area contributed by atoms with Crippen LogP contribution in [0.25, 0.3) is 10.4 Å². The van der Waals surface area contributed by atoms with Crippen molar-refractivity contribution in [2.45, 2.75) is 56.3 Å². The average molecular weight is 400 g/mol. The van der Waals surface area contributed by atoms with Gasteiger partial charge in [-0.25, -0.2) is 0 Å². The molecule has 11 heteroatoms. The molecule has 8 nitrogen and oxygen atoms in total. The van der Waals surface area contributed by atoms with Crippen molar-refractivity contribution in [3.05, 3.63) is 10.4 Å². The Morgan fingerprint density at radius 3 is 2.25 bits per heavy atom. The number of nitrogens with zero attached hydrogens (tertiary/aromatic N) is 3. The Labute approximate surface area is 152 Å². The molecule has 1 aliphatic rings. The minimum Gasteiger partial charge on any atom is -0.344 e. The molecule has 0 unspecified atom stereocenters. The zero-order valence-corrected chi connectivity index (χ0v) is 17.0. The lowest BCUT2D eigenvalue weighted by molar-refractivity contribution is -0.147. The molecule has 24 heavy (non-hydrogen) atoms. The van der Waals surface area contributed by atoms with E-state index in [1.165, 1.54) is 0 Å². The van der Waals surface area contributed by atoms with Gasteiger partial charge < -0.3 is 9.47 Å². The van der Waals surface area contributed by atoms with Crippen molar-refractivity contribution in [3.8, 4) is 0 Å². The molecule has 0 aromatic heterocycles. The Morgan fingerprint density at radius 2 is 1.79 bits per heavy atom. The van der Waals surface area contributed by atoms with E-state index in [1.54, 1.807) is 37.4 Å². The first kappa shape index (κ1) is 21.9. The third-order valence-corrected chi connectivity index (χ3v) is 6.37. The topological polar surface area (TPSA) is 111 Å². The number of rotatable bonds is 10. The molecule has 0 amide bonds. The van der Waals surface area contributed by atoms with Crippen molar-refractivity contribution in [1.29, 1.82) is 0 Å². The second-order valence-corrected chi connectivity index (χ2v) is 10.4. The molecule has 0 aromatic rings. The third kappa shape index (κ3) is 6.99. The smallest absolute Gasteiger partial charge is 0.264 e. The molecule has 1 heterocycles. The standard InChI is InChI=1S/C13H25N3O5S3/c1-6-22-12(23-7-2)11-10(20-13(3,4)21-11)9(15-16-14)8-19-24(5,17)18/h9-12H,6-8H2,1-5H3/t9-,10+,11-/m1/s1. The maximum absolute atomic E-state index is 11.3. The summed E-state index contributed by atoms with van der Waals surface area (Å²) in [6.45, 7) is 7.41. The molecule has 3 atom stereocenters. The molecular weight excluding hydrogens is 374 g/mol. The summed E-state index contributed by atoms with van der Waals surface area (Å²) in [7, 11) is -3.64.